The number of ether oxygens (including phenoxy) is 2. The van der Waals surface area contributed by atoms with E-state index in [0.29, 0.717) is 34.1 Å². The van der Waals surface area contributed by atoms with Crippen LogP contribution in [0.5, 0.6) is 17.2 Å². The third-order valence-electron chi connectivity index (χ3n) is 5.73. The smallest absolute Gasteiger partial charge is 0.262 e. The van der Waals surface area contributed by atoms with E-state index >= 15 is 0 Å². The minimum absolute atomic E-state index is 0.113. The van der Waals surface area contributed by atoms with Gasteiger partial charge < -0.3 is 14.0 Å². The first kappa shape index (κ1) is 22.4. The van der Waals surface area contributed by atoms with E-state index < -0.39 is 6.04 Å². The molecular formula is C28H24N2O5. The maximum absolute atomic E-state index is 12.8. The van der Waals surface area contributed by atoms with E-state index in [9.17, 15) is 9.59 Å². The van der Waals surface area contributed by atoms with Gasteiger partial charge in [0.1, 0.15) is 22.9 Å². The Labute approximate surface area is 202 Å². The van der Waals surface area contributed by atoms with E-state index in [1.165, 1.54) is 4.90 Å². The summed E-state index contributed by atoms with van der Waals surface area (Å²) in [5, 5.41) is 4.15. The summed E-state index contributed by atoms with van der Waals surface area (Å²) in [6.07, 6.45) is 0.113. The van der Waals surface area contributed by atoms with E-state index in [0.717, 1.165) is 11.3 Å². The van der Waals surface area contributed by atoms with Gasteiger partial charge in [-0.3, -0.25) is 14.5 Å². The summed E-state index contributed by atoms with van der Waals surface area (Å²) in [7, 11) is 0. The molecule has 4 aromatic rings. The Hall–Kier alpha value is -4.39. The van der Waals surface area contributed by atoms with E-state index in [4.69, 9.17) is 14.0 Å². The van der Waals surface area contributed by atoms with Gasteiger partial charge in [-0.15, -0.1) is 0 Å². The lowest BCUT2D eigenvalue weighted by molar-refractivity contribution is 0.0573. The fourth-order valence-corrected chi connectivity index (χ4v) is 4.00. The maximum atomic E-state index is 12.8. The molecule has 176 valence electrons. The maximum Gasteiger partial charge on any atom is 0.262 e. The van der Waals surface area contributed by atoms with Crippen LogP contribution in [0, 0.1) is 0 Å². The second-order valence-electron chi connectivity index (χ2n) is 8.58. The summed E-state index contributed by atoms with van der Waals surface area (Å²) in [4.78, 5) is 26.8. The van der Waals surface area contributed by atoms with Crippen LogP contribution in [-0.2, 0) is 0 Å². The second kappa shape index (κ2) is 9.10. The van der Waals surface area contributed by atoms with Gasteiger partial charge >= 0.3 is 0 Å². The molecule has 1 aliphatic heterocycles. The molecule has 2 heterocycles. The number of benzene rings is 3. The van der Waals surface area contributed by atoms with Gasteiger partial charge in [0.05, 0.1) is 23.3 Å². The predicted octanol–water partition coefficient (Wildman–Crippen LogP) is 6.28. The molecule has 35 heavy (non-hydrogen) atoms. The summed E-state index contributed by atoms with van der Waals surface area (Å²) in [5.41, 5.74) is 2.23. The molecule has 0 radical (unpaired) electrons. The summed E-state index contributed by atoms with van der Waals surface area (Å²) in [6, 6.07) is 22.9. The molecule has 0 fully saturated rings. The number of imide groups is 1. The van der Waals surface area contributed by atoms with Gasteiger partial charge in [-0.25, -0.2) is 0 Å². The van der Waals surface area contributed by atoms with Crippen LogP contribution in [0.15, 0.2) is 83.4 Å². The third-order valence-corrected chi connectivity index (χ3v) is 5.73. The van der Waals surface area contributed by atoms with E-state index in [1.54, 1.807) is 37.3 Å². The topological polar surface area (TPSA) is 81.9 Å². The van der Waals surface area contributed by atoms with Gasteiger partial charge in [-0.05, 0) is 81.4 Å². The Bertz CT molecular complexity index is 1340. The lowest BCUT2D eigenvalue weighted by atomic mass is 10.1. The van der Waals surface area contributed by atoms with Crippen LogP contribution < -0.4 is 9.47 Å². The fraction of sp³-hybridized carbons (Fsp3) is 0.179. The number of hydrogen-bond acceptors (Lipinski definition) is 6. The molecule has 1 aliphatic rings. The van der Waals surface area contributed by atoms with E-state index in [-0.39, 0.29) is 17.9 Å². The first-order valence-electron chi connectivity index (χ1n) is 11.4. The lowest BCUT2D eigenvalue weighted by Crippen LogP contribution is -2.32. The van der Waals surface area contributed by atoms with Crippen molar-refractivity contribution in [3.63, 3.8) is 0 Å². The average molecular weight is 469 g/mol. The highest BCUT2D eigenvalue weighted by molar-refractivity contribution is 6.21. The second-order valence-corrected chi connectivity index (χ2v) is 8.58. The molecule has 0 N–H and O–H groups in total. The monoisotopic (exact) mass is 468 g/mol. The molecule has 7 heteroatoms. The van der Waals surface area contributed by atoms with Crippen molar-refractivity contribution in [2.24, 2.45) is 0 Å². The average Bonchev–Trinajstić information content (AvgIpc) is 3.44. The van der Waals surface area contributed by atoms with Gasteiger partial charge in [0.25, 0.3) is 11.8 Å². The molecule has 2 amide bonds. The van der Waals surface area contributed by atoms with Crippen molar-refractivity contribution in [1.82, 2.24) is 10.1 Å². The number of rotatable bonds is 7. The van der Waals surface area contributed by atoms with Crippen LogP contribution in [0.4, 0.5) is 0 Å². The molecule has 0 bridgehead atoms. The van der Waals surface area contributed by atoms with Gasteiger partial charge in [-0.2, -0.15) is 0 Å². The first-order valence-corrected chi connectivity index (χ1v) is 11.4. The molecule has 1 unspecified atom stereocenters. The summed E-state index contributed by atoms with van der Waals surface area (Å²) < 4.78 is 17.1. The van der Waals surface area contributed by atoms with Crippen molar-refractivity contribution in [3.05, 3.63) is 95.7 Å². The van der Waals surface area contributed by atoms with Gasteiger partial charge in [-0.1, -0.05) is 17.3 Å². The predicted molar refractivity (Wildman–Crippen MR) is 130 cm³/mol. The zero-order valence-electron chi connectivity index (χ0n) is 19.6. The zero-order valence-corrected chi connectivity index (χ0v) is 19.6. The number of amides is 2. The summed E-state index contributed by atoms with van der Waals surface area (Å²) in [6.45, 7) is 5.71. The Morgan fingerprint density at radius 3 is 1.89 bits per heavy atom. The van der Waals surface area contributed by atoms with Crippen molar-refractivity contribution < 1.29 is 23.6 Å². The number of fused-ring (bicyclic) bond motifs is 1. The summed E-state index contributed by atoms with van der Waals surface area (Å²) >= 11 is 0. The minimum atomic E-state index is -0.589. The highest BCUT2D eigenvalue weighted by Crippen LogP contribution is 2.33. The van der Waals surface area contributed by atoms with Gasteiger partial charge in [0.15, 0.2) is 5.76 Å². The molecule has 0 saturated heterocycles. The zero-order chi connectivity index (χ0) is 24.5. The highest BCUT2D eigenvalue weighted by atomic mass is 16.5. The molecule has 0 aliphatic carbocycles. The molecule has 5 rings (SSSR count). The molecule has 0 saturated carbocycles. The number of carbonyl (C=O) groups is 2. The van der Waals surface area contributed by atoms with Crippen LogP contribution >= 0.6 is 0 Å². The Kier molecular flexibility index (Phi) is 5.82. The number of carbonyl (C=O) groups excluding carboxylic acids is 2. The van der Waals surface area contributed by atoms with Crippen LogP contribution in [0.25, 0.3) is 11.3 Å². The fourth-order valence-electron chi connectivity index (χ4n) is 4.00. The molecule has 0 spiro atoms. The highest BCUT2D eigenvalue weighted by Gasteiger charge is 2.39. The van der Waals surface area contributed by atoms with Gasteiger partial charge in [0.2, 0.25) is 0 Å². The molecular weight excluding hydrogens is 444 g/mol. The van der Waals surface area contributed by atoms with Crippen LogP contribution in [0.2, 0.25) is 0 Å². The normalized spacial score (nSPS) is 13.8. The SMILES string of the molecule is CC(C)Oc1ccc(Oc2ccc(-c3cc(C(C)N4C(=O)c5ccccc5C4=O)on3)cc2)cc1. The number of nitrogens with zero attached hydrogens (tertiary/aromatic N) is 2. The number of aromatic nitrogens is 1. The van der Waals surface area contributed by atoms with Gasteiger partial charge in [0, 0.05) is 11.6 Å². The van der Waals surface area contributed by atoms with E-state index in [2.05, 4.69) is 5.16 Å². The van der Waals surface area contributed by atoms with Crippen LogP contribution in [-0.4, -0.2) is 28.0 Å². The van der Waals surface area contributed by atoms with E-state index in [1.807, 2.05) is 62.4 Å². The Balaban J connectivity index is 1.28. The lowest BCUT2D eigenvalue weighted by Gasteiger charge is -2.19. The summed E-state index contributed by atoms with van der Waals surface area (Å²) in [5.74, 6) is 1.93. The molecule has 7 nitrogen and oxygen atoms in total. The van der Waals surface area contributed by atoms with Crippen molar-refractivity contribution in [2.75, 3.05) is 0 Å². The van der Waals surface area contributed by atoms with Crippen LogP contribution in [0.1, 0.15) is 53.3 Å². The number of hydrogen-bond donors (Lipinski definition) is 0. The quantitative estimate of drug-likeness (QED) is 0.297. The standard InChI is InChI=1S/C28H24N2O5/c1-17(2)33-20-12-14-22(15-13-20)34-21-10-8-19(9-11-21)25-16-26(35-29-25)18(3)30-27(31)23-6-4-5-7-24(23)28(30)32/h4-18H,1-3H3. The van der Waals surface area contributed by atoms with Crippen LogP contribution in [0.3, 0.4) is 0 Å². The Morgan fingerprint density at radius 2 is 1.31 bits per heavy atom. The Morgan fingerprint density at radius 1 is 0.771 bits per heavy atom. The van der Waals surface area contributed by atoms with Crippen molar-refractivity contribution in [3.8, 4) is 28.5 Å². The molecule has 1 atom stereocenters. The first-order chi connectivity index (χ1) is 16.9. The molecule has 1 aromatic heterocycles. The molecule has 3 aromatic carbocycles. The van der Waals surface area contributed by atoms with Crippen molar-refractivity contribution >= 4 is 11.8 Å². The van der Waals surface area contributed by atoms with Crippen molar-refractivity contribution in [1.29, 1.82) is 0 Å². The van der Waals surface area contributed by atoms with Crippen molar-refractivity contribution in [2.45, 2.75) is 32.9 Å². The largest absolute Gasteiger partial charge is 0.491 e. The minimum Gasteiger partial charge on any atom is -0.491 e. The third kappa shape index (κ3) is 4.40.